The van der Waals surface area contributed by atoms with Crippen LogP contribution in [0.5, 0.6) is 0 Å². The smallest absolute Gasteiger partial charge is 0.0462 e. The Morgan fingerprint density at radius 1 is 1.33 bits per heavy atom. The van der Waals surface area contributed by atoms with Gasteiger partial charge in [-0.3, -0.25) is 0 Å². The van der Waals surface area contributed by atoms with Crippen molar-refractivity contribution >= 4 is 38.9 Å². The molecule has 1 unspecified atom stereocenters. The van der Waals surface area contributed by atoms with Gasteiger partial charge in [0.05, 0.1) is 0 Å². The van der Waals surface area contributed by atoms with E-state index in [1.807, 2.05) is 29.5 Å². The van der Waals surface area contributed by atoms with E-state index in [4.69, 9.17) is 11.6 Å². The molecule has 0 aliphatic rings. The summed E-state index contributed by atoms with van der Waals surface area (Å²) in [6.07, 6.45) is 0. The highest BCUT2D eigenvalue weighted by molar-refractivity contribution is 9.10. The fourth-order valence-electron chi connectivity index (χ4n) is 1.71. The van der Waals surface area contributed by atoms with Crippen molar-refractivity contribution in [2.45, 2.75) is 26.4 Å². The molecule has 1 heterocycles. The van der Waals surface area contributed by atoms with Crippen LogP contribution < -0.4 is 5.32 Å². The van der Waals surface area contributed by atoms with Crippen LogP contribution in [0.3, 0.4) is 0 Å². The molecule has 0 aliphatic heterocycles. The number of thiophene rings is 1. The van der Waals surface area contributed by atoms with Gasteiger partial charge in [0.15, 0.2) is 0 Å². The van der Waals surface area contributed by atoms with E-state index in [9.17, 15) is 0 Å². The van der Waals surface area contributed by atoms with Gasteiger partial charge in [0.1, 0.15) is 0 Å². The van der Waals surface area contributed by atoms with Crippen LogP contribution >= 0.6 is 38.9 Å². The summed E-state index contributed by atoms with van der Waals surface area (Å²) in [5.41, 5.74) is 1.12. The van der Waals surface area contributed by atoms with Gasteiger partial charge in [-0.1, -0.05) is 33.6 Å². The van der Waals surface area contributed by atoms with Gasteiger partial charge in [0.25, 0.3) is 0 Å². The van der Waals surface area contributed by atoms with Crippen LogP contribution in [-0.2, 0) is 6.54 Å². The maximum Gasteiger partial charge on any atom is 0.0462 e. The zero-order valence-corrected chi connectivity index (χ0v) is 13.5. The Labute approximate surface area is 125 Å². The monoisotopic (exact) mass is 343 g/mol. The number of rotatable bonds is 4. The molecular formula is C14H15BrClNS. The van der Waals surface area contributed by atoms with Gasteiger partial charge in [0, 0.05) is 31.8 Å². The average Bonchev–Trinajstić information content (AvgIpc) is 2.74. The predicted molar refractivity (Wildman–Crippen MR) is 83.5 cm³/mol. The highest BCUT2D eigenvalue weighted by Crippen LogP contribution is 2.24. The largest absolute Gasteiger partial charge is 0.305 e. The van der Waals surface area contributed by atoms with Gasteiger partial charge in [0.2, 0.25) is 0 Å². The van der Waals surface area contributed by atoms with Crippen molar-refractivity contribution in [2.75, 3.05) is 0 Å². The second kappa shape index (κ2) is 6.20. The standard InChI is InChI=1S/C14H15BrClNS/c1-9-3-6-14(18-9)10(2)17-8-11-4-5-12(15)7-13(11)16/h3-7,10,17H,8H2,1-2H3. The molecule has 0 aliphatic carbocycles. The van der Waals surface area contributed by atoms with E-state index in [1.165, 1.54) is 9.75 Å². The van der Waals surface area contributed by atoms with E-state index in [0.717, 1.165) is 21.6 Å². The fourth-order valence-corrected chi connectivity index (χ4v) is 3.36. The Balaban J connectivity index is 1.99. The molecule has 1 aromatic carbocycles. The van der Waals surface area contributed by atoms with Crippen LogP contribution in [0.2, 0.25) is 5.02 Å². The van der Waals surface area contributed by atoms with Crippen molar-refractivity contribution in [2.24, 2.45) is 0 Å². The second-order valence-corrected chi connectivity index (χ2v) is 6.93. The summed E-state index contributed by atoms with van der Waals surface area (Å²) in [6.45, 7) is 5.09. The maximum atomic E-state index is 6.20. The second-order valence-electron chi connectivity index (χ2n) is 4.29. The molecule has 2 rings (SSSR count). The van der Waals surface area contributed by atoms with Gasteiger partial charge in [-0.05, 0) is 43.7 Å². The third-order valence-corrected chi connectivity index (χ3v) is 4.83. The van der Waals surface area contributed by atoms with Crippen molar-refractivity contribution in [1.29, 1.82) is 0 Å². The lowest BCUT2D eigenvalue weighted by Crippen LogP contribution is -2.17. The Bertz CT molecular complexity index is 538. The van der Waals surface area contributed by atoms with Crippen LogP contribution in [-0.4, -0.2) is 0 Å². The van der Waals surface area contributed by atoms with E-state index >= 15 is 0 Å². The first-order valence-corrected chi connectivity index (χ1v) is 7.78. The molecule has 18 heavy (non-hydrogen) atoms. The number of nitrogens with one attached hydrogen (secondary N) is 1. The molecule has 2 aromatic rings. The number of halogens is 2. The molecule has 0 spiro atoms. The number of hydrogen-bond acceptors (Lipinski definition) is 2. The molecule has 1 nitrogen and oxygen atoms in total. The molecule has 1 aromatic heterocycles. The van der Waals surface area contributed by atoms with E-state index in [-0.39, 0.29) is 0 Å². The number of benzene rings is 1. The molecule has 1 N–H and O–H groups in total. The van der Waals surface area contributed by atoms with Crippen molar-refractivity contribution in [3.05, 3.63) is 55.1 Å². The lowest BCUT2D eigenvalue weighted by molar-refractivity contribution is 0.583. The van der Waals surface area contributed by atoms with Gasteiger partial charge >= 0.3 is 0 Å². The Kier molecular flexibility index (Phi) is 4.84. The normalized spacial score (nSPS) is 12.7. The minimum Gasteiger partial charge on any atom is -0.305 e. The van der Waals surface area contributed by atoms with Gasteiger partial charge in [-0.15, -0.1) is 11.3 Å². The first-order chi connectivity index (χ1) is 8.56. The summed E-state index contributed by atoms with van der Waals surface area (Å²) >= 11 is 11.4. The Morgan fingerprint density at radius 3 is 2.72 bits per heavy atom. The molecule has 0 fully saturated rings. The summed E-state index contributed by atoms with van der Waals surface area (Å²) in [5.74, 6) is 0. The summed E-state index contributed by atoms with van der Waals surface area (Å²) in [7, 11) is 0. The molecule has 0 radical (unpaired) electrons. The van der Waals surface area contributed by atoms with E-state index in [2.05, 4.69) is 47.2 Å². The fraction of sp³-hybridized carbons (Fsp3) is 0.286. The average molecular weight is 345 g/mol. The third-order valence-electron chi connectivity index (χ3n) is 2.80. The quantitative estimate of drug-likeness (QED) is 0.791. The van der Waals surface area contributed by atoms with Crippen molar-refractivity contribution < 1.29 is 0 Å². The van der Waals surface area contributed by atoms with Crippen LogP contribution in [0.1, 0.15) is 28.3 Å². The Morgan fingerprint density at radius 2 is 2.11 bits per heavy atom. The molecule has 0 amide bonds. The van der Waals surface area contributed by atoms with E-state index in [0.29, 0.717) is 6.04 Å². The predicted octanol–water partition coefficient (Wildman–Crippen LogP) is 5.32. The van der Waals surface area contributed by atoms with Crippen LogP contribution in [0, 0.1) is 6.92 Å². The zero-order valence-electron chi connectivity index (χ0n) is 10.3. The molecule has 0 saturated carbocycles. The van der Waals surface area contributed by atoms with Crippen molar-refractivity contribution in [1.82, 2.24) is 5.32 Å². The van der Waals surface area contributed by atoms with Gasteiger partial charge in [-0.2, -0.15) is 0 Å². The molecule has 4 heteroatoms. The van der Waals surface area contributed by atoms with Crippen LogP contribution in [0.25, 0.3) is 0 Å². The number of hydrogen-bond donors (Lipinski definition) is 1. The minimum absolute atomic E-state index is 0.350. The lowest BCUT2D eigenvalue weighted by atomic mass is 10.2. The van der Waals surface area contributed by atoms with Crippen LogP contribution in [0.4, 0.5) is 0 Å². The zero-order chi connectivity index (χ0) is 13.1. The topological polar surface area (TPSA) is 12.0 Å². The molecule has 0 bridgehead atoms. The van der Waals surface area contributed by atoms with Gasteiger partial charge in [-0.25, -0.2) is 0 Å². The molecule has 96 valence electrons. The molecule has 1 atom stereocenters. The molecule has 0 saturated heterocycles. The molecular weight excluding hydrogens is 330 g/mol. The van der Waals surface area contributed by atoms with Gasteiger partial charge < -0.3 is 5.32 Å². The van der Waals surface area contributed by atoms with E-state index in [1.54, 1.807) is 0 Å². The SMILES string of the molecule is Cc1ccc(C(C)NCc2ccc(Br)cc2Cl)s1. The van der Waals surface area contributed by atoms with Crippen LogP contribution in [0.15, 0.2) is 34.8 Å². The summed E-state index contributed by atoms with van der Waals surface area (Å²) < 4.78 is 1.01. The lowest BCUT2D eigenvalue weighted by Gasteiger charge is -2.13. The van der Waals surface area contributed by atoms with Crippen molar-refractivity contribution in [3.63, 3.8) is 0 Å². The van der Waals surface area contributed by atoms with E-state index < -0.39 is 0 Å². The minimum atomic E-state index is 0.350. The number of aryl methyl sites for hydroxylation is 1. The van der Waals surface area contributed by atoms with Crippen molar-refractivity contribution in [3.8, 4) is 0 Å². The maximum absolute atomic E-state index is 6.20. The summed E-state index contributed by atoms with van der Waals surface area (Å²) in [6, 6.07) is 10.7. The summed E-state index contributed by atoms with van der Waals surface area (Å²) in [5, 5.41) is 4.30. The third kappa shape index (κ3) is 3.58. The first-order valence-electron chi connectivity index (χ1n) is 5.80. The summed E-state index contributed by atoms with van der Waals surface area (Å²) in [4.78, 5) is 2.71. The first kappa shape index (κ1) is 14.1. The Hall–Kier alpha value is -0.350. The highest BCUT2D eigenvalue weighted by atomic mass is 79.9. The highest BCUT2D eigenvalue weighted by Gasteiger charge is 2.08.